The molecule has 2 N–H and O–H groups in total. The van der Waals surface area contributed by atoms with Crippen molar-refractivity contribution in [3.8, 4) is 17.4 Å². The zero-order valence-electron chi connectivity index (χ0n) is 13.7. The van der Waals surface area contributed by atoms with Crippen molar-refractivity contribution in [2.24, 2.45) is 5.92 Å². The molecule has 2 aromatic rings. The summed E-state index contributed by atoms with van der Waals surface area (Å²) >= 11 is 0. The molecule has 0 spiro atoms. The fourth-order valence-electron chi connectivity index (χ4n) is 2.93. The lowest BCUT2D eigenvalue weighted by molar-refractivity contribution is -0.138. The fourth-order valence-corrected chi connectivity index (χ4v) is 2.93. The minimum atomic E-state index is -0.738. The summed E-state index contributed by atoms with van der Waals surface area (Å²) in [7, 11) is 0. The zero-order chi connectivity index (χ0) is 17.6. The third-order valence-electron chi connectivity index (χ3n) is 4.30. The molecular weight excluding hydrogens is 324 g/mol. The van der Waals surface area contributed by atoms with Gasteiger partial charge in [-0.05, 0) is 31.6 Å². The summed E-state index contributed by atoms with van der Waals surface area (Å²) in [4.78, 5) is 27.5. The molecule has 0 amide bonds. The molecule has 132 valence electrons. The second-order valence-electron chi connectivity index (χ2n) is 6.19. The standard InChI is InChI=1S/C17H20N4O4/c22-10-12-6-18-16(19-7-12)13-8-20-17(21-9-13)25-14-3-1-11(2-4-14)5-15(23)24/h6-9,11,14,22H,1-5,10H2,(H,23,24)/t11-,14-. The van der Waals surface area contributed by atoms with Crippen LogP contribution in [-0.2, 0) is 11.4 Å². The number of aliphatic hydroxyl groups is 1. The molecular formula is C17H20N4O4. The number of hydrogen-bond donors (Lipinski definition) is 2. The van der Waals surface area contributed by atoms with Crippen molar-refractivity contribution in [2.75, 3.05) is 0 Å². The molecule has 8 heteroatoms. The van der Waals surface area contributed by atoms with E-state index in [1.807, 2.05) is 0 Å². The Hall–Kier alpha value is -2.61. The van der Waals surface area contributed by atoms with Gasteiger partial charge in [0, 0.05) is 36.8 Å². The third kappa shape index (κ3) is 4.69. The van der Waals surface area contributed by atoms with E-state index in [1.54, 1.807) is 24.8 Å². The molecule has 0 aromatic carbocycles. The number of carboxylic acid groups (broad SMARTS) is 1. The van der Waals surface area contributed by atoms with Crippen LogP contribution in [0.2, 0.25) is 0 Å². The smallest absolute Gasteiger partial charge is 0.316 e. The number of aliphatic carboxylic acids is 1. The first kappa shape index (κ1) is 17.2. The number of aromatic nitrogens is 4. The number of rotatable bonds is 6. The first-order chi connectivity index (χ1) is 12.1. The van der Waals surface area contributed by atoms with Gasteiger partial charge in [-0.25, -0.2) is 19.9 Å². The first-order valence-electron chi connectivity index (χ1n) is 8.26. The Morgan fingerprint density at radius 2 is 1.68 bits per heavy atom. The van der Waals surface area contributed by atoms with Crippen LogP contribution >= 0.6 is 0 Å². The van der Waals surface area contributed by atoms with Crippen molar-refractivity contribution in [1.82, 2.24) is 19.9 Å². The topological polar surface area (TPSA) is 118 Å². The molecule has 8 nitrogen and oxygen atoms in total. The predicted molar refractivity (Wildman–Crippen MR) is 87.6 cm³/mol. The molecule has 0 bridgehead atoms. The van der Waals surface area contributed by atoms with Gasteiger partial charge in [-0.3, -0.25) is 4.79 Å². The molecule has 0 saturated heterocycles. The van der Waals surface area contributed by atoms with E-state index >= 15 is 0 Å². The van der Waals surface area contributed by atoms with Crippen LogP contribution in [-0.4, -0.2) is 42.2 Å². The number of aliphatic hydroxyl groups excluding tert-OH is 1. The van der Waals surface area contributed by atoms with Gasteiger partial charge in [0.1, 0.15) is 6.10 Å². The molecule has 25 heavy (non-hydrogen) atoms. The van der Waals surface area contributed by atoms with E-state index in [4.69, 9.17) is 14.9 Å². The zero-order valence-corrected chi connectivity index (χ0v) is 13.7. The molecule has 0 unspecified atom stereocenters. The summed E-state index contributed by atoms with van der Waals surface area (Å²) in [5.41, 5.74) is 1.31. The van der Waals surface area contributed by atoms with Crippen molar-refractivity contribution in [2.45, 2.75) is 44.8 Å². The maximum absolute atomic E-state index is 10.8. The fraction of sp³-hybridized carbons (Fsp3) is 0.471. The molecule has 1 aliphatic rings. The van der Waals surface area contributed by atoms with Gasteiger partial charge in [-0.2, -0.15) is 0 Å². The highest BCUT2D eigenvalue weighted by Gasteiger charge is 2.24. The second kappa shape index (κ2) is 7.98. The van der Waals surface area contributed by atoms with E-state index in [2.05, 4.69) is 19.9 Å². The molecule has 1 fully saturated rings. The number of nitrogens with zero attached hydrogens (tertiary/aromatic N) is 4. The van der Waals surface area contributed by atoms with E-state index in [0.29, 0.717) is 23.0 Å². The summed E-state index contributed by atoms with van der Waals surface area (Å²) in [6, 6.07) is 0.303. The maximum atomic E-state index is 10.8. The molecule has 0 radical (unpaired) electrons. The van der Waals surface area contributed by atoms with Crippen molar-refractivity contribution >= 4 is 5.97 Å². The SMILES string of the molecule is O=C(O)C[C@H]1CC[C@H](Oc2ncc(-c3ncc(CO)cn3)cn2)CC1. The number of ether oxygens (including phenoxy) is 1. The van der Waals surface area contributed by atoms with Gasteiger partial charge < -0.3 is 14.9 Å². The van der Waals surface area contributed by atoms with E-state index in [1.165, 1.54) is 0 Å². The second-order valence-corrected chi connectivity index (χ2v) is 6.19. The van der Waals surface area contributed by atoms with Gasteiger partial charge in [0.05, 0.1) is 12.2 Å². The minimum Gasteiger partial charge on any atom is -0.481 e. The Labute approximate surface area is 145 Å². The lowest BCUT2D eigenvalue weighted by Crippen LogP contribution is -2.25. The van der Waals surface area contributed by atoms with Crippen LogP contribution in [0.5, 0.6) is 6.01 Å². The predicted octanol–water partition coefficient (Wildman–Crippen LogP) is 1.84. The number of carboxylic acids is 1. The Morgan fingerprint density at radius 3 is 2.24 bits per heavy atom. The highest BCUT2D eigenvalue weighted by Crippen LogP contribution is 2.28. The van der Waals surface area contributed by atoms with E-state index in [9.17, 15) is 4.79 Å². The Morgan fingerprint density at radius 1 is 1.04 bits per heavy atom. The number of carbonyl (C=O) groups is 1. The van der Waals surface area contributed by atoms with Crippen LogP contribution in [0.4, 0.5) is 0 Å². The Bertz CT molecular complexity index is 698. The summed E-state index contributed by atoms with van der Waals surface area (Å²) in [5, 5.41) is 17.8. The molecule has 3 rings (SSSR count). The van der Waals surface area contributed by atoms with Crippen LogP contribution < -0.4 is 4.74 Å². The highest BCUT2D eigenvalue weighted by atomic mass is 16.5. The van der Waals surface area contributed by atoms with Crippen LogP contribution in [0.1, 0.15) is 37.7 Å². The van der Waals surface area contributed by atoms with Crippen LogP contribution in [0.25, 0.3) is 11.4 Å². The van der Waals surface area contributed by atoms with Gasteiger partial charge in [0.15, 0.2) is 5.82 Å². The normalized spacial score (nSPS) is 20.2. The molecule has 2 aromatic heterocycles. The Balaban J connectivity index is 1.55. The summed E-state index contributed by atoms with van der Waals surface area (Å²) < 4.78 is 5.79. The van der Waals surface area contributed by atoms with Gasteiger partial charge in [-0.1, -0.05) is 0 Å². The first-order valence-corrected chi connectivity index (χ1v) is 8.26. The summed E-state index contributed by atoms with van der Waals surface area (Å²) in [6.45, 7) is -0.0989. The van der Waals surface area contributed by atoms with Crippen molar-refractivity contribution < 1.29 is 19.7 Å². The van der Waals surface area contributed by atoms with Crippen molar-refractivity contribution in [1.29, 1.82) is 0 Å². The molecule has 2 heterocycles. The average molecular weight is 344 g/mol. The maximum Gasteiger partial charge on any atom is 0.316 e. The lowest BCUT2D eigenvalue weighted by atomic mass is 9.85. The third-order valence-corrected chi connectivity index (χ3v) is 4.30. The van der Waals surface area contributed by atoms with Crippen LogP contribution in [0, 0.1) is 5.92 Å². The summed E-state index contributed by atoms with van der Waals surface area (Å²) in [6.07, 6.45) is 9.90. The van der Waals surface area contributed by atoms with E-state index in [0.717, 1.165) is 25.7 Å². The highest BCUT2D eigenvalue weighted by molar-refractivity contribution is 5.67. The average Bonchev–Trinajstić information content (AvgIpc) is 2.64. The van der Waals surface area contributed by atoms with Crippen molar-refractivity contribution in [3.63, 3.8) is 0 Å². The monoisotopic (exact) mass is 344 g/mol. The van der Waals surface area contributed by atoms with Crippen LogP contribution in [0.15, 0.2) is 24.8 Å². The van der Waals surface area contributed by atoms with Gasteiger partial charge in [0.25, 0.3) is 0 Å². The van der Waals surface area contributed by atoms with Gasteiger partial charge >= 0.3 is 12.0 Å². The molecule has 1 aliphatic carbocycles. The van der Waals surface area contributed by atoms with E-state index < -0.39 is 5.97 Å². The largest absolute Gasteiger partial charge is 0.481 e. The minimum absolute atomic E-state index is 0.0241. The molecule has 0 aliphatic heterocycles. The summed E-state index contributed by atoms with van der Waals surface area (Å²) in [5.74, 6) is -0.0184. The lowest BCUT2D eigenvalue weighted by Gasteiger charge is -2.27. The van der Waals surface area contributed by atoms with E-state index in [-0.39, 0.29) is 25.0 Å². The van der Waals surface area contributed by atoms with Gasteiger partial charge in [0.2, 0.25) is 0 Å². The quantitative estimate of drug-likeness (QED) is 0.815. The molecule has 1 saturated carbocycles. The van der Waals surface area contributed by atoms with Crippen molar-refractivity contribution in [3.05, 3.63) is 30.4 Å². The van der Waals surface area contributed by atoms with Gasteiger partial charge in [-0.15, -0.1) is 0 Å². The Kier molecular flexibility index (Phi) is 5.49. The van der Waals surface area contributed by atoms with Crippen LogP contribution in [0.3, 0.4) is 0 Å². The number of hydrogen-bond acceptors (Lipinski definition) is 7. The molecule has 0 atom stereocenters.